The number of carbonyl (C=O) groups is 3. The number of rotatable bonds is 8. The number of ketones is 1. The number of benzene rings is 2. The van der Waals surface area contributed by atoms with Crippen molar-refractivity contribution in [2.24, 2.45) is 0 Å². The highest BCUT2D eigenvalue weighted by Gasteiger charge is 2.14. The zero-order valence-electron chi connectivity index (χ0n) is 15.8. The number of hydrogen-bond acceptors (Lipinski definition) is 4. The zero-order valence-corrected chi connectivity index (χ0v) is 15.8. The number of hydrogen-bond donors (Lipinski definition) is 1. The third-order valence-corrected chi connectivity index (χ3v) is 4.16. The second kappa shape index (κ2) is 9.52. The second-order valence-electron chi connectivity index (χ2n) is 6.15. The Morgan fingerprint density at radius 3 is 2.33 bits per heavy atom. The Morgan fingerprint density at radius 2 is 1.74 bits per heavy atom. The summed E-state index contributed by atoms with van der Waals surface area (Å²) in [4.78, 5) is 37.2. The summed E-state index contributed by atoms with van der Waals surface area (Å²) in [6.45, 7) is 3.56. The summed E-state index contributed by atoms with van der Waals surface area (Å²) < 4.78 is 5.10. The number of Topliss-reactive ketones (excluding diaryl/α,β-unsaturated/α-hetero) is 1. The molecule has 2 aromatic rings. The first-order valence-electron chi connectivity index (χ1n) is 8.69. The molecule has 6 nitrogen and oxygen atoms in total. The topological polar surface area (TPSA) is 75.7 Å². The molecule has 0 aliphatic heterocycles. The van der Waals surface area contributed by atoms with Gasteiger partial charge in [0.2, 0.25) is 11.8 Å². The Bertz CT molecular complexity index is 815. The smallest absolute Gasteiger partial charge is 0.223 e. The van der Waals surface area contributed by atoms with E-state index in [0.29, 0.717) is 17.8 Å². The molecular weight excluding hydrogens is 344 g/mol. The van der Waals surface area contributed by atoms with E-state index >= 15 is 0 Å². The van der Waals surface area contributed by atoms with E-state index in [1.54, 1.807) is 31.4 Å². The minimum Gasteiger partial charge on any atom is -0.497 e. The van der Waals surface area contributed by atoms with Crippen molar-refractivity contribution >= 4 is 23.3 Å². The van der Waals surface area contributed by atoms with E-state index in [1.807, 2.05) is 24.3 Å². The first-order valence-corrected chi connectivity index (χ1v) is 8.69. The van der Waals surface area contributed by atoms with Crippen LogP contribution in [0.2, 0.25) is 0 Å². The van der Waals surface area contributed by atoms with Crippen LogP contribution in [0.25, 0.3) is 0 Å². The molecule has 0 atom stereocenters. The number of methoxy groups -OCH3 is 1. The van der Waals surface area contributed by atoms with Crippen LogP contribution in [0.15, 0.2) is 48.5 Å². The third-order valence-electron chi connectivity index (χ3n) is 4.16. The summed E-state index contributed by atoms with van der Waals surface area (Å²) in [5.74, 6) is 0.353. The van der Waals surface area contributed by atoms with Crippen LogP contribution in [0.4, 0.5) is 5.69 Å². The van der Waals surface area contributed by atoms with Gasteiger partial charge < -0.3 is 15.0 Å². The molecule has 0 radical (unpaired) electrons. The van der Waals surface area contributed by atoms with Gasteiger partial charge in [0.1, 0.15) is 5.75 Å². The van der Waals surface area contributed by atoms with Gasteiger partial charge in [-0.25, -0.2) is 0 Å². The van der Waals surface area contributed by atoms with E-state index in [2.05, 4.69) is 5.32 Å². The normalized spacial score (nSPS) is 10.2. The zero-order chi connectivity index (χ0) is 19.8. The highest BCUT2D eigenvalue weighted by atomic mass is 16.5. The number of ether oxygens (including phenoxy) is 1. The van der Waals surface area contributed by atoms with Gasteiger partial charge in [0.25, 0.3) is 0 Å². The summed E-state index contributed by atoms with van der Waals surface area (Å²) >= 11 is 0. The van der Waals surface area contributed by atoms with Crippen LogP contribution in [0.5, 0.6) is 5.75 Å². The summed E-state index contributed by atoms with van der Waals surface area (Å²) in [5.41, 5.74) is 2.10. The van der Waals surface area contributed by atoms with Crippen LogP contribution < -0.4 is 15.0 Å². The van der Waals surface area contributed by atoms with Gasteiger partial charge in [-0.15, -0.1) is 0 Å². The summed E-state index contributed by atoms with van der Waals surface area (Å²) in [6, 6.07) is 14.3. The largest absolute Gasteiger partial charge is 0.497 e. The molecule has 0 saturated heterocycles. The average Bonchev–Trinajstić information content (AvgIpc) is 2.67. The minimum absolute atomic E-state index is 0.0717. The lowest BCUT2D eigenvalue weighted by Gasteiger charge is -2.21. The standard InChI is InChI=1S/C21H24N2O4/c1-15(24)18-5-4-6-19(13-18)23(16(2)25)12-11-21(26)22-14-17-7-9-20(27-3)10-8-17/h4-10,13H,11-12,14H2,1-3H3,(H,22,26). The number of anilines is 1. The van der Waals surface area contributed by atoms with Crippen LogP contribution in [-0.4, -0.2) is 31.3 Å². The molecule has 0 saturated carbocycles. The molecule has 0 aliphatic rings. The van der Waals surface area contributed by atoms with Gasteiger partial charge in [-0.3, -0.25) is 14.4 Å². The number of nitrogens with one attached hydrogen (secondary N) is 1. The third kappa shape index (κ3) is 5.95. The van der Waals surface area contributed by atoms with Gasteiger partial charge in [-0.1, -0.05) is 24.3 Å². The fourth-order valence-corrected chi connectivity index (χ4v) is 2.61. The van der Waals surface area contributed by atoms with Gasteiger partial charge in [0.15, 0.2) is 5.78 Å². The Kier molecular flexibility index (Phi) is 7.11. The van der Waals surface area contributed by atoms with Crippen molar-refractivity contribution in [3.8, 4) is 5.75 Å². The molecule has 2 rings (SSSR count). The molecule has 142 valence electrons. The van der Waals surface area contributed by atoms with Crippen molar-refractivity contribution in [3.05, 3.63) is 59.7 Å². The summed E-state index contributed by atoms with van der Waals surface area (Å²) in [5, 5.41) is 2.84. The lowest BCUT2D eigenvalue weighted by molar-refractivity contribution is -0.121. The SMILES string of the molecule is COc1ccc(CNC(=O)CCN(C(C)=O)c2cccc(C(C)=O)c2)cc1. The van der Waals surface area contributed by atoms with Crippen molar-refractivity contribution in [2.75, 3.05) is 18.6 Å². The van der Waals surface area contributed by atoms with Crippen LogP contribution in [-0.2, 0) is 16.1 Å². The lowest BCUT2D eigenvalue weighted by atomic mass is 10.1. The van der Waals surface area contributed by atoms with Crippen LogP contribution in [0, 0.1) is 0 Å². The Hall–Kier alpha value is -3.15. The maximum atomic E-state index is 12.1. The first kappa shape index (κ1) is 20.2. The molecule has 2 aromatic carbocycles. The van der Waals surface area contributed by atoms with Crippen LogP contribution >= 0.6 is 0 Å². The van der Waals surface area contributed by atoms with Gasteiger partial charge in [0.05, 0.1) is 7.11 Å². The number of carbonyl (C=O) groups excluding carboxylic acids is 3. The number of amides is 2. The molecule has 0 unspecified atom stereocenters. The molecule has 0 aliphatic carbocycles. The molecule has 6 heteroatoms. The Balaban J connectivity index is 1.93. The quantitative estimate of drug-likeness (QED) is 0.727. The second-order valence-corrected chi connectivity index (χ2v) is 6.15. The minimum atomic E-state index is -0.182. The van der Waals surface area contributed by atoms with Crippen LogP contribution in [0.3, 0.4) is 0 Å². The van der Waals surface area contributed by atoms with E-state index in [9.17, 15) is 14.4 Å². The first-order chi connectivity index (χ1) is 12.9. The maximum absolute atomic E-state index is 12.1. The predicted octanol–water partition coefficient (Wildman–Crippen LogP) is 2.96. The molecular formula is C21H24N2O4. The van der Waals surface area contributed by atoms with Gasteiger partial charge in [0, 0.05) is 37.7 Å². The van der Waals surface area contributed by atoms with Crippen LogP contribution in [0.1, 0.15) is 36.2 Å². The van der Waals surface area contributed by atoms with Gasteiger partial charge in [-0.2, -0.15) is 0 Å². The highest BCUT2D eigenvalue weighted by molar-refractivity contribution is 5.97. The monoisotopic (exact) mass is 368 g/mol. The predicted molar refractivity (Wildman–Crippen MR) is 104 cm³/mol. The van der Waals surface area contributed by atoms with E-state index in [4.69, 9.17) is 4.74 Å². The van der Waals surface area contributed by atoms with Crippen molar-refractivity contribution < 1.29 is 19.1 Å². The van der Waals surface area contributed by atoms with E-state index in [0.717, 1.165) is 11.3 Å². The fourth-order valence-electron chi connectivity index (χ4n) is 2.61. The van der Waals surface area contributed by atoms with Gasteiger partial charge in [-0.05, 0) is 36.8 Å². The molecule has 1 N–H and O–H groups in total. The van der Waals surface area contributed by atoms with E-state index in [-0.39, 0.29) is 30.6 Å². The molecule has 2 amide bonds. The van der Waals surface area contributed by atoms with Crippen molar-refractivity contribution in [2.45, 2.75) is 26.8 Å². The Morgan fingerprint density at radius 1 is 1.04 bits per heavy atom. The average molecular weight is 368 g/mol. The van der Waals surface area contributed by atoms with E-state index < -0.39 is 0 Å². The van der Waals surface area contributed by atoms with Crippen molar-refractivity contribution in [3.63, 3.8) is 0 Å². The summed E-state index contributed by atoms with van der Waals surface area (Å²) in [6.07, 6.45) is 0.167. The molecule has 0 heterocycles. The van der Waals surface area contributed by atoms with Crippen molar-refractivity contribution in [1.82, 2.24) is 5.32 Å². The van der Waals surface area contributed by atoms with Gasteiger partial charge >= 0.3 is 0 Å². The molecule has 27 heavy (non-hydrogen) atoms. The van der Waals surface area contributed by atoms with E-state index in [1.165, 1.54) is 18.7 Å². The maximum Gasteiger partial charge on any atom is 0.223 e. The molecule has 0 fully saturated rings. The lowest BCUT2D eigenvalue weighted by Crippen LogP contribution is -2.33. The number of nitrogens with zero attached hydrogens (tertiary/aromatic N) is 1. The molecule has 0 aromatic heterocycles. The molecule has 0 bridgehead atoms. The fraction of sp³-hybridized carbons (Fsp3) is 0.286. The molecule has 0 spiro atoms. The Labute approximate surface area is 159 Å². The van der Waals surface area contributed by atoms with Crippen molar-refractivity contribution in [1.29, 1.82) is 0 Å². The highest BCUT2D eigenvalue weighted by Crippen LogP contribution is 2.17. The summed E-state index contributed by atoms with van der Waals surface area (Å²) in [7, 11) is 1.60.